The first-order chi connectivity index (χ1) is 14.8. The van der Waals surface area contributed by atoms with E-state index in [2.05, 4.69) is 14.7 Å². The minimum atomic E-state index is -3.90. The van der Waals surface area contributed by atoms with Gasteiger partial charge in [0, 0.05) is 23.2 Å². The van der Waals surface area contributed by atoms with Crippen molar-refractivity contribution in [1.82, 2.24) is 9.97 Å². The van der Waals surface area contributed by atoms with Crippen LogP contribution in [0.4, 0.5) is 5.00 Å². The van der Waals surface area contributed by atoms with Crippen LogP contribution in [0.5, 0.6) is 11.5 Å². The lowest BCUT2D eigenvalue weighted by atomic mass is 10.0. The number of fused-ring (bicyclic) bond motifs is 1. The van der Waals surface area contributed by atoms with Crippen LogP contribution in [-0.2, 0) is 10.0 Å². The zero-order chi connectivity index (χ0) is 22.2. The van der Waals surface area contributed by atoms with Gasteiger partial charge >= 0.3 is 5.97 Å². The number of nitrogens with one attached hydrogen (secondary N) is 1. The molecule has 0 saturated carbocycles. The van der Waals surface area contributed by atoms with E-state index >= 15 is 0 Å². The summed E-state index contributed by atoms with van der Waals surface area (Å²) in [6, 6.07) is 9.37. The van der Waals surface area contributed by atoms with Gasteiger partial charge < -0.3 is 9.84 Å². The van der Waals surface area contributed by atoms with Crippen molar-refractivity contribution in [2.45, 2.75) is 18.7 Å². The second-order valence-corrected chi connectivity index (χ2v) is 9.25. The molecule has 10 heteroatoms. The number of nitrogens with zero attached hydrogens (tertiary/aromatic N) is 2. The molecule has 1 aromatic carbocycles. The number of hydrogen-bond donors (Lipinski definition) is 2. The van der Waals surface area contributed by atoms with E-state index in [4.69, 9.17) is 4.74 Å². The van der Waals surface area contributed by atoms with Crippen LogP contribution in [0.3, 0.4) is 0 Å². The Hall–Kier alpha value is -3.50. The third-order valence-corrected chi connectivity index (χ3v) is 7.01. The van der Waals surface area contributed by atoms with E-state index in [1.54, 1.807) is 55.9 Å². The summed E-state index contributed by atoms with van der Waals surface area (Å²) in [5.41, 5.74) is 1.47. The molecule has 8 nitrogen and oxygen atoms in total. The third kappa shape index (κ3) is 4.07. The molecule has 31 heavy (non-hydrogen) atoms. The number of rotatable bonds is 6. The second kappa shape index (κ2) is 7.97. The fraction of sp³-hybridized carbons (Fsp3) is 0.0952. The Balaban J connectivity index is 1.64. The normalized spacial score (nSPS) is 11.4. The van der Waals surface area contributed by atoms with Crippen LogP contribution < -0.4 is 9.46 Å². The number of hydrogen-bond acceptors (Lipinski definition) is 7. The molecule has 0 radical (unpaired) electrons. The number of pyridine rings is 2. The maximum absolute atomic E-state index is 12.9. The maximum Gasteiger partial charge on any atom is 0.337 e. The maximum atomic E-state index is 12.9. The minimum absolute atomic E-state index is 0.0484. The van der Waals surface area contributed by atoms with Gasteiger partial charge in [-0.3, -0.25) is 14.7 Å². The fourth-order valence-electron chi connectivity index (χ4n) is 3.23. The highest BCUT2D eigenvalue weighted by Gasteiger charge is 2.22. The van der Waals surface area contributed by atoms with E-state index in [0.717, 1.165) is 11.3 Å². The molecule has 4 rings (SSSR count). The van der Waals surface area contributed by atoms with Crippen LogP contribution in [0, 0.1) is 13.8 Å². The first-order valence-corrected chi connectivity index (χ1v) is 11.4. The average molecular weight is 456 g/mol. The van der Waals surface area contributed by atoms with Gasteiger partial charge in [-0.15, -0.1) is 11.3 Å². The van der Waals surface area contributed by atoms with Gasteiger partial charge in [-0.1, -0.05) is 0 Å². The minimum Gasteiger partial charge on any atom is -0.478 e. The van der Waals surface area contributed by atoms with Crippen molar-refractivity contribution in [1.29, 1.82) is 0 Å². The highest BCUT2D eigenvalue weighted by molar-refractivity contribution is 7.93. The van der Waals surface area contributed by atoms with Crippen molar-refractivity contribution in [3.8, 4) is 11.5 Å². The number of aromatic nitrogens is 2. The first-order valence-electron chi connectivity index (χ1n) is 9.09. The summed E-state index contributed by atoms with van der Waals surface area (Å²) in [4.78, 5) is 19.9. The van der Waals surface area contributed by atoms with Gasteiger partial charge in [-0.2, -0.15) is 0 Å². The average Bonchev–Trinajstić information content (AvgIpc) is 3.11. The predicted octanol–water partition coefficient (Wildman–Crippen LogP) is 4.60. The Labute approximate surface area is 182 Å². The molecule has 3 aromatic heterocycles. The number of carbonyl (C=O) groups is 1. The molecule has 0 fully saturated rings. The number of thiophene rings is 1. The number of benzene rings is 1. The summed E-state index contributed by atoms with van der Waals surface area (Å²) in [5.74, 6) is -0.0381. The Bertz CT molecular complexity index is 1380. The Morgan fingerprint density at radius 3 is 2.35 bits per heavy atom. The van der Waals surface area contributed by atoms with Crippen molar-refractivity contribution < 1.29 is 23.1 Å². The van der Waals surface area contributed by atoms with Crippen LogP contribution in [0.2, 0.25) is 0 Å². The SMILES string of the molecule is Cc1nc2csc(NS(=O)(=O)c3ccc(Oc4ccncc4)cc3)c2c(C)c1C(=O)O. The summed E-state index contributed by atoms with van der Waals surface area (Å²) < 4.78 is 34.1. The van der Waals surface area contributed by atoms with Gasteiger partial charge in [0.15, 0.2) is 0 Å². The second-order valence-electron chi connectivity index (χ2n) is 6.69. The monoisotopic (exact) mass is 455 g/mol. The van der Waals surface area contributed by atoms with Gasteiger partial charge in [0.05, 0.1) is 21.7 Å². The van der Waals surface area contributed by atoms with E-state index in [9.17, 15) is 18.3 Å². The smallest absolute Gasteiger partial charge is 0.337 e. The first kappa shape index (κ1) is 20.8. The zero-order valence-corrected chi connectivity index (χ0v) is 18.1. The summed E-state index contributed by atoms with van der Waals surface area (Å²) in [6.45, 7) is 3.27. The molecule has 3 heterocycles. The number of anilines is 1. The summed E-state index contributed by atoms with van der Waals surface area (Å²) >= 11 is 1.16. The largest absolute Gasteiger partial charge is 0.478 e. The number of carboxylic acids is 1. The van der Waals surface area contributed by atoms with Crippen molar-refractivity contribution in [3.05, 3.63) is 71.0 Å². The Morgan fingerprint density at radius 1 is 1.06 bits per heavy atom. The molecule has 0 aliphatic carbocycles. The van der Waals surface area contributed by atoms with E-state index < -0.39 is 16.0 Å². The molecular formula is C21H17N3O5S2. The lowest BCUT2D eigenvalue weighted by Crippen LogP contribution is -2.13. The summed E-state index contributed by atoms with van der Waals surface area (Å²) in [7, 11) is -3.90. The van der Waals surface area contributed by atoms with Gasteiger partial charge in [0.2, 0.25) is 0 Å². The molecular weight excluding hydrogens is 438 g/mol. The lowest BCUT2D eigenvalue weighted by molar-refractivity contribution is 0.0695. The highest BCUT2D eigenvalue weighted by atomic mass is 32.2. The van der Waals surface area contributed by atoms with Crippen LogP contribution in [0.1, 0.15) is 21.6 Å². The van der Waals surface area contributed by atoms with Crippen molar-refractivity contribution in [2.75, 3.05) is 4.72 Å². The lowest BCUT2D eigenvalue weighted by Gasteiger charge is -2.11. The molecule has 0 bridgehead atoms. The number of ether oxygens (including phenoxy) is 1. The molecule has 0 unspecified atom stereocenters. The molecule has 0 aliphatic heterocycles. The number of aromatic carboxylic acids is 1. The number of aryl methyl sites for hydroxylation is 2. The Morgan fingerprint density at radius 2 is 1.71 bits per heavy atom. The zero-order valence-electron chi connectivity index (χ0n) is 16.5. The van der Waals surface area contributed by atoms with Crippen molar-refractivity contribution in [2.24, 2.45) is 0 Å². The molecule has 2 N–H and O–H groups in total. The highest BCUT2D eigenvalue weighted by Crippen LogP contribution is 2.36. The molecule has 158 valence electrons. The van der Waals surface area contributed by atoms with E-state index in [1.807, 2.05) is 0 Å². The fourth-order valence-corrected chi connectivity index (χ4v) is 5.48. The van der Waals surface area contributed by atoms with Crippen molar-refractivity contribution >= 4 is 43.2 Å². The molecule has 0 atom stereocenters. The van der Waals surface area contributed by atoms with Crippen LogP contribution >= 0.6 is 11.3 Å². The third-order valence-electron chi connectivity index (χ3n) is 4.63. The standard InChI is InChI=1S/C21H17N3O5S2/c1-12-18(21(25)26)13(2)23-17-11-30-20(19(12)17)24-31(27,28)16-5-3-14(4-6-16)29-15-7-9-22-10-8-15/h3-11,24H,1-2H3,(H,25,26). The summed E-state index contributed by atoms with van der Waals surface area (Å²) in [6.07, 6.45) is 3.19. The summed E-state index contributed by atoms with van der Waals surface area (Å²) in [5, 5.41) is 12.0. The number of sulfonamides is 1. The Kier molecular flexibility index (Phi) is 5.34. The van der Waals surface area contributed by atoms with Crippen LogP contribution in [0.25, 0.3) is 10.9 Å². The van der Waals surface area contributed by atoms with E-state index in [1.165, 1.54) is 12.1 Å². The molecule has 0 aliphatic rings. The van der Waals surface area contributed by atoms with E-state index in [0.29, 0.717) is 38.7 Å². The number of carboxylic acid groups (broad SMARTS) is 1. The van der Waals surface area contributed by atoms with Crippen LogP contribution in [-0.4, -0.2) is 29.5 Å². The predicted molar refractivity (Wildman–Crippen MR) is 118 cm³/mol. The molecule has 0 spiro atoms. The topological polar surface area (TPSA) is 118 Å². The quantitative estimate of drug-likeness (QED) is 0.436. The van der Waals surface area contributed by atoms with Gasteiger partial charge in [0.25, 0.3) is 10.0 Å². The van der Waals surface area contributed by atoms with Crippen LogP contribution in [0.15, 0.2) is 59.1 Å². The molecule has 0 saturated heterocycles. The molecule has 4 aromatic rings. The van der Waals surface area contributed by atoms with E-state index in [-0.39, 0.29) is 10.5 Å². The van der Waals surface area contributed by atoms with Gasteiger partial charge in [-0.25, -0.2) is 13.2 Å². The van der Waals surface area contributed by atoms with Gasteiger partial charge in [0.1, 0.15) is 16.5 Å². The van der Waals surface area contributed by atoms with Gasteiger partial charge in [-0.05, 0) is 55.8 Å². The molecule has 0 amide bonds. The van der Waals surface area contributed by atoms with Crippen molar-refractivity contribution in [3.63, 3.8) is 0 Å².